The molecule has 0 spiro atoms. The number of halogens is 1. The smallest absolute Gasteiger partial charge is 0.283 e. The SMILES string of the molecule is Cc1cc(C)cc(N2C(=O)C(Cl)=C(Nc3cccc(C(=O)N4CCOCC4)c3)C2=O)c1. The highest BCUT2D eigenvalue weighted by atomic mass is 35.5. The molecule has 3 amide bonds. The minimum atomic E-state index is -0.584. The maximum atomic E-state index is 13.0. The first kappa shape index (κ1) is 21.1. The molecule has 0 unspecified atom stereocenters. The molecule has 0 aromatic heterocycles. The summed E-state index contributed by atoms with van der Waals surface area (Å²) in [4.78, 5) is 41.3. The van der Waals surface area contributed by atoms with E-state index in [9.17, 15) is 14.4 Å². The molecule has 0 bridgehead atoms. The summed E-state index contributed by atoms with van der Waals surface area (Å²) in [5.41, 5.74) is 3.30. The number of ether oxygens (including phenoxy) is 1. The van der Waals surface area contributed by atoms with Gasteiger partial charge in [0.1, 0.15) is 10.7 Å². The van der Waals surface area contributed by atoms with Crippen LogP contribution in [0, 0.1) is 13.8 Å². The third kappa shape index (κ3) is 4.19. The molecule has 31 heavy (non-hydrogen) atoms. The maximum Gasteiger partial charge on any atom is 0.283 e. The van der Waals surface area contributed by atoms with Gasteiger partial charge in [-0.05, 0) is 55.3 Å². The number of aryl methyl sites for hydroxylation is 2. The van der Waals surface area contributed by atoms with Crippen molar-refractivity contribution in [3.05, 3.63) is 69.9 Å². The van der Waals surface area contributed by atoms with E-state index in [1.807, 2.05) is 19.9 Å². The Bertz CT molecular complexity index is 1090. The number of hydrogen-bond acceptors (Lipinski definition) is 5. The predicted octanol–water partition coefficient (Wildman–Crippen LogP) is 3.21. The monoisotopic (exact) mass is 439 g/mol. The average molecular weight is 440 g/mol. The van der Waals surface area contributed by atoms with Gasteiger partial charge in [-0.3, -0.25) is 14.4 Å². The summed E-state index contributed by atoms with van der Waals surface area (Å²) in [6, 6.07) is 12.3. The van der Waals surface area contributed by atoms with Gasteiger partial charge in [-0.15, -0.1) is 0 Å². The van der Waals surface area contributed by atoms with E-state index in [2.05, 4.69) is 5.32 Å². The van der Waals surface area contributed by atoms with Crippen LogP contribution < -0.4 is 10.2 Å². The third-order valence-corrected chi connectivity index (χ3v) is 5.52. The summed E-state index contributed by atoms with van der Waals surface area (Å²) in [5, 5.41) is 2.75. The Morgan fingerprint density at radius 3 is 2.35 bits per heavy atom. The molecule has 160 valence electrons. The highest BCUT2D eigenvalue weighted by Gasteiger charge is 2.39. The number of nitrogens with zero attached hydrogens (tertiary/aromatic N) is 2. The van der Waals surface area contributed by atoms with Crippen LogP contribution in [0.3, 0.4) is 0 Å². The average Bonchev–Trinajstić information content (AvgIpc) is 2.96. The van der Waals surface area contributed by atoms with Crippen molar-refractivity contribution in [1.82, 2.24) is 4.90 Å². The number of hydrogen-bond donors (Lipinski definition) is 1. The van der Waals surface area contributed by atoms with Crippen LogP contribution in [0.2, 0.25) is 0 Å². The zero-order chi connectivity index (χ0) is 22.1. The van der Waals surface area contributed by atoms with Gasteiger partial charge in [0.15, 0.2) is 0 Å². The molecule has 2 aliphatic heterocycles. The van der Waals surface area contributed by atoms with Gasteiger partial charge >= 0.3 is 0 Å². The molecule has 1 fully saturated rings. The van der Waals surface area contributed by atoms with Crippen molar-refractivity contribution < 1.29 is 19.1 Å². The molecule has 1 N–H and O–H groups in total. The molecule has 8 heteroatoms. The van der Waals surface area contributed by atoms with Gasteiger partial charge in [0.2, 0.25) is 0 Å². The molecule has 4 rings (SSSR count). The van der Waals surface area contributed by atoms with E-state index < -0.39 is 11.8 Å². The lowest BCUT2D eigenvalue weighted by molar-refractivity contribution is -0.120. The fourth-order valence-electron chi connectivity index (χ4n) is 3.75. The van der Waals surface area contributed by atoms with Crippen molar-refractivity contribution >= 4 is 40.7 Å². The van der Waals surface area contributed by atoms with Gasteiger partial charge < -0.3 is 15.0 Å². The van der Waals surface area contributed by atoms with Crippen LogP contribution in [0.25, 0.3) is 0 Å². The first-order chi connectivity index (χ1) is 14.8. The summed E-state index contributed by atoms with van der Waals surface area (Å²) in [6.45, 7) is 5.88. The van der Waals surface area contributed by atoms with Crippen LogP contribution in [-0.4, -0.2) is 48.9 Å². The fraction of sp³-hybridized carbons (Fsp3) is 0.261. The Labute approximate surface area is 185 Å². The maximum absolute atomic E-state index is 13.0. The summed E-state index contributed by atoms with van der Waals surface area (Å²) < 4.78 is 5.29. The molecule has 2 aromatic carbocycles. The van der Waals surface area contributed by atoms with Crippen LogP contribution >= 0.6 is 11.6 Å². The first-order valence-corrected chi connectivity index (χ1v) is 10.3. The predicted molar refractivity (Wildman–Crippen MR) is 118 cm³/mol. The summed E-state index contributed by atoms with van der Waals surface area (Å²) in [7, 11) is 0. The van der Waals surface area contributed by atoms with Crippen molar-refractivity contribution in [3.8, 4) is 0 Å². The highest BCUT2D eigenvalue weighted by molar-refractivity contribution is 6.53. The van der Waals surface area contributed by atoms with Crippen molar-refractivity contribution in [2.75, 3.05) is 36.5 Å². The van der Waals surface area contributed by atoms with E-state index in [0.29, 0.717) is 43.2 Å². The van der Waals surface area contributed by atoms with E-state index in [4.69, 9.17) is 16.3 Å². The molecule has 7 nitrogen and oxygen atoms in total. The van der Waals surface area contributed by atoms with Crippen LogP contribution in [0.5, 0.6) is 0 Å². The van der Waals surface area contributed by atoms with Crippen molar-refractivity contribution in [3.63, 3.8) is 0 Å². The zero-order valence-corrected chi connectivity index (χ0v) is 18.0. The largest absolute Gasteiger partial charge is 0.378 e. The Morgan fingerprint density at radius 2 is 1.68 bits per heavy atom. The third-order valence-electron chi connectivity index (χ3n) is 5.17. The molecule has 2 heterocycles. The molecule has 2 aromatic rings. The minimum Gasteiger partial charge on any atom is -0.378 e. The van der Waals surface area contributed by atoms with Gasteiger partial charge in [-0.2, -0.15) is 0 Å². The van der Waals surface area contributed by atoms with Crippen LogP contribution in [0.4, 0.5) is 11.4 Å². The molecule has 0 radical (unpaired) electrons. The van der Waals surface area contributed by atoms with Gasteiger partial charge in [0.05, 0.1) is 18.9 Å². The number of amides is 3. The number of morpholine rings is 1. The topological polar surface area (TPSA) is 79.0 Å². The molecule has 1 saturated heterocycles. The first-order valence-electron chi connectivity index (χ1n) is 9.96. The van der Waals surface area contributed by atoms with Gasteiger partial charge in [-0.25, -0.2) is 4.90 Å². The minimum absolute atomic E-state index is 0.0122. The Morgan fingerprint density at radius 1 is 1.00 bits per heavy atom. The lowest BCUT2D eigenvalue weighted by atomic mass is 10.1. The van der Waals surface area contributed by atoms with Gasteiger partial charge in [0.25, 0.3) is 17.7 Å². The van der Waals surface area contributed by atoms with E-state index in [0.717, 1.165) is 16.0 Å². The van der Waals surface area contributed by atoms with Gasteiger partial charge in [-0.1, -0.05) is 23.7 Å². The van der Waals surface area contributed by atoms with E-state index in [1.165, 1.54) is 0 Å². The molecule has 0 atom stereocenters. The molecule has 0 aliphatic carbocycles. The second-order valence-corrected chi connectivity index (χ2v) is 7.97. The second kappa shape index (κ2) is 8.53. The standard InChI is InChI=1S/C23H22ClN3O4/c1-14-10-15(2)12-18(11-14)27-22(29)19(24)20(23(27)30)25-17-5-3-4-16(13-17)21(28)26-6-8-31-9-7-26/h3-5,10-13,25H,6-9H2,1-2H3. The van der Waals surface area contributed by atoms with E-state index in [-0.39, 0.29) is 16.6 Å². The highest BCUT2D eigenvalue weighted by Crippen LogP contribution is 2.31. The lowest BCUT2D eigenvalue weighted by Gasteiger charge is -2.27. The second-order valence-electron chi connectivity index (χ2n) is 7.59. The number of benzene rings is 2. The molecule has 2 aliphatic rings. The number of nitrogens with one attached hydrogen (secondary N) is 1. The van der Waals surface area contributed by atoms with E-state index in [1.54, 1.807) is 41.3 Å². The van der Waals surface area contributed by atoms with Crippen molar-refractivity contribution in [2.24, 2.45) is 0 Å². The normalized spacial score (nSPS) is 16.9. The van der Waals surface area contributed by atoms with Crippen LogP contribution in [0.1, 0.15) is 21.5 Å². The number of carbonyl (C=O) groups is 3. The van der Waals surface area contributed by atoms with Crippen LogP contribution in [-0.2, 0) is 14.3 Å². The fourth-order valence-corrected chi connectivity index (χ4v) is 3.96. The zero-order valence-electron chi connectivity index (χ0n) is 17.3. The van der Waals surface area contributed by atoms with E-state index >= 15 is 0 Å². The molecular formula is C23H22ClN3O4. The number of rotatable bonds is 4. The lowest BCUT2D eigenvalue weighted by Crippen LogP contribution is -2.40. The Balaban J connectivity index is 1.57. The van der Waals surface area contributed by atoms with Crippen molar-refractivity contribution in [2.45, 2.75) is 13.8 Å². The van der Waals surface area contributed by atoms with Gasteiger partial charge in [0, 0.05) is 24.3 Å². The summed E-state index contributed by atoms with van der Waals surface area (Å²) in [5.74, 6) is -1.23. The Hall–Kier alpha value is -3.16. The summed E-state index contributed by atoms with van der Waals surface area (Å²) in [6.07, 6.45) is 0. The van der Waals surface area contributed by atoms with Crippen molar-refractivity contribution in [1.29, 1.82) is 0 Å². The Kier molecular flexibility index (Phi) is 5.80. The molecular weight excluding hydrogens is 418 g/mol. The van der Waals surface area contributed by atoms with Crippen LogP contribution in [0.15, 0.2) is 53.2 Å². The number of imide groups is 1. The number of carbonyl (C=O) groups excluding carboxylic acids is 3. The number of anilines is 2. The quantitative estimate of drug-likeness (QED) is 0.740. The summed E-state index contributed by atoms with van der Waals surface area (Å²) >= 11 is 6.24. The molecule has 0 saturated carbocycles.